The number of piperidine rings is 1. The Hall–Kier alpha value is -3.31. The molecule has 0 aliphatic carbocycles. The number of anilines is 1. The SMILES string of the molecule is COc1ccc2c(c1)C1(CCN(Cc3ccc(C)cc3)CC1)CN2C(=O)COc1ccccc1. The number of hydrogen-bond acceptors (Lipinski definition) is 4. The molecule has 5 nitrogen and oxygen atoms in total. The highest BCUT2D eigenvalue weighted by molar-refractivity contribution is 5.97. The molecule has 1 fully saturated rings. The van der Waals surface area contributed by atoms with Crippen LogP contribution in [0.5, 0.6) is 11.5 Å². The predicted octanol–water partition coefficient (Wildman–Crippen LogP) is 4.96. The maximum Gasteiger partial charge on any atom is 0.264 e. The van der Waals surface area contributed by atoms with Gasteiger partial charge in [-0.2, -0.15) is 0 Å². The first-order valence-electron chi connectivity index (χ1n) is 12.0. The number of carbonyl (C=O) groups is 1. The summed E-state index contributed by atoms with van der Waals surface area (Å²) in [5.74, 6) is 1.55. The third-order valence-corrected chi connectivity index (χ3v) is 7.27. The van der Waals surface area contributed by atoms with Crippen LogP contribution in [-0.4, -0.2) is 44.2 Å². The maximum absolute atomic E-state index is 13.3. The van der Waals surface area contributed by atoms with Gasteiger partial charge in [-0.3, -0.25) is 9.69 Å². The van der Waals surface area contributed by atoms with Gasteiger partial charge in [0.25, 0.3) is 5.91 Å². The Morgan fingerprint density at radius 2 is 1.68 bits per heavy atom. The van der Waals surface area contributed by atoms with E-state index in [4.69, 9.17) is 9.47 Å². The summed E-state index contributed by atoms with van der Waals surface area (Å²) in [6.45, 7) is 5.84. The van der Waals surface area contributed by atoms with E-state index < -0.39 is 0 Å². The minimum absolute atomic E-state index is 0.00534. The third kappa shape index (κ3) is 4.53. The molecule has 0 aromatic heterocycles. The van der Waals surface area contributed by atoms with Gasteiger partial charge in [-0.15, -0.1) is 0 Å². The molecule has 2 heterocycles. The number of ether oxygens (including phenoxy) is 2. The van der Waals surface area contributed by atoms with Crippen LogP contribution in [0.2, 0.25) is 0 Å². The van der Waals surface area contributed by atoms with Crippen molar-refractivity contribution in [2.75, 3.05) is 38.3 Å². The van der Waals surface area contributed by atoms with E-state index >= 15 is 0 Å². The van der Waals surface area contributed by atoms with Crippen LogP contribution in [0.15, 0.2) is 72.8 Å². The second-order valence-corrected chi connectivity index (χ2v) is 9.51. The summed E-state index contributed by atoms with van der Waals surface area (Å²) in [7, 11) is 1.70. The Labute approximate surface area is 201 Å². The number of aryl methyl sites for hydroxylation is 1. The Morgan fingerprint density at radius 3 is 2.38 bits per heavy atom. The van der Waals surface area contributed by atoms with E-state index in [-0.39, 0.29) is 17.9 Å². The van der Waals surface area contributed by atoms with Crippen molar-refractivity contribution in [1.29, 1.82) is 0 Å². The summed E-state index contributed by atoms with van der Waals surface area (Å²) in [5.41, 5.74) is 4.82. The van der Waals surface area contributed by atoms with Crippen LogP contribution >= 0.6 is 0 Å². The number of likely N-dealkylation sites (tertiary alicyclic amines) is 1. The summed E-state index contributed by atoms with van der Waals surface area (Å²) in [4.78, 5) is 17.7. The summed E-state index contributed by atoms with van der Waals surface area (Å²) >= 11 is 0. The highest BCUT2D eigenvalue weighted by atomic mass is 16.5. The lowest BCUT2D eigenvalue weighted by molar-refractivity contribution is -0.120. The normalized spacial score (nSPS) is 16.9. The Morgan fingerprint density at radius 1 is 0.941 bits per heavy atom. The molecule has 1 spiro atoms. The first-order chi connectivity index (χ1) is 16.6. The number of fused-ring (bicyclic) bond motifs is 2. The molecule has 0 bridgehead atoms. The van der Waals surface area contributed by atoms with Crippen LogP contribution in [0.1, 0.15) is 29.5 Å². The van der Waals surface area contributed by atoms with Crippen molar-refractivity contribution >= 4 is 11.6 Å². The van der Waals surface area contributed by atoms with Crippen molar-refractivity contribution in [2.45, 2.75) is 31.7 Å². The van der Waals surface area contributed by atoms with Gasteiger partial charge in [-0.1, -0.05) is 48.0 Å². The molecule has 1 saturated heterocycles. The van der Waals surface area contributed by atoms with Gasteiger partial charge in [0.05, 0.1) is 7.11 Å². The fourth-order valence-corrected chi connectivity index (χ4v) is 5.26. The fraction of sp³-hybridized carbons (Fsp3) is 0.345. The summed E-state index contributed by atoms with van der Waals surface area (Å²) in [6.07, 6.45) is 2.03. The van der Waals surface area contributed by atoms with Gasteiger partial charge in [0.1, 0.15) is 11.5 Å². The highest BCUT2D eigenvalue weighted by Crippen LogP contribution is 2.48. The molecule has 34 heavy (non-hydrogen) atoms. The third-order valence-electron chi connectivity index (χ3n) is 7.27. The van der Waals surface area contributed by atoms with Crippen LogP contribution in [0.3, 0.4) is 0 Å². The van der Waals surface area contributed by atoms with Crippen molar-refractivity contribution in [3.63, 3.8) is 0 Å². The zero-order valence-electron chi connectivity index (χ0n) is 20.0. The molecule has 2 aliphatic rings. The summed E-state index contributed by atoms with van der Waals surface area (Å²) in [5, 5.41) is 0. The topological polar surface area (TPSA) is 42.0 Å². The molecule has 2 aliphatic heterocycles. The minimum atomic E-state index is -0.0456. The van der Waals surface area contributed by atoms with Gasteiger partial charge in [-0.25, -0.2) is 0 Å². The van der Waals surface area contributed by atoms with Crippen LogP contribution < -0.4 is 14.4 Å². The highest BCUT2D eigenvalue weighted by Gasteiger charge is 2.46. The summed E-state index contributed by atoms with van der Waals surface area (Å²) in [6, 6.07) is 24.4. The smallest absolute Gasteiger partial charge is 0.264 e. The van der Waals surface area contributed by atoms with Gasteiger partial charge < -0.3 is 14.4 Å². The zero-order valence-corrected chi connectivity index (χ0v) is 20.0. The van der Waals surface area contributed by atoms with E-state index in [1.54, 1.807) is 7.11 Å². The van der Waals surface area contributed by atoms with Crippen LogP contribution in [-0.2, 0) is 16.8 Å². The number of rotatable bonds is 6. The number of amides is 1. The molecule has 3 aromatic rings. The lowest BCUT2D eigenvalue weighted by atomic mass is 9.74. The fourth-order valence-electron chi connectivity index (χ4n) is 5.26. The van der Waals surface area contributed by atoms with Crippen molar-refractivity contribution in [3.05, 3.63) is 89.5 Å². The van der Waals surface area contributed by atoms with E-state index in [1.807, 2.05) is 47.4 Å². The van der Waals surface area contributed by atoms with Crippen molar-refractivity contribution in [3.8, 4) is 11.5 Å². The Bertz CT molecular complexity index is 1140. The van der Waals surface area contributed by atoms with Crippen molar-refractivity contribution in [1.82, 2.24) is 4.90 Å². The van der Waals surface area contributed by atoms with Gasteiger partial charge >= 0.3 is 0 Å². The predicted molar refractivity (Wildman–Crippen MR) is 135 cm³/mol. The van der Waals surface area contributed by atoms with Gasteiger partial charge in [0.15, 0.2) is 6.61 Å². The number of nitrogens with zero attached hydrogens (tertiary/aromatic N) is 2. The van der Waals surface area contributed by atoms with E-state index in [0.717, 1.165) is 43.9 Å². The molecule has 5 rings (SSSR count). The molecular weight excluding hydrogens is 424 g/mol. The quantitative estimate of drug-likeness (QED) is 0.526. The van der Waals surface area contributed by atoms with Crippen LogP contribution in [0.4, 0.5) is 5.69 Å². The van der Waals surface area contributed by atoms with E-state index in [2.05, 4.69) is 42.2 Å². The van der Waals surface area contributed by atoms with Gasteiger partial charge in [0, 0.05) is 24.2 Å². The number of methoxy groups -OCH3 is 1. The zero-order chi connectivity index (χ0) is 23.5. The van der Waals surface area contributed by atoms with E-state index in [0.29, 0.717) is 12.3 Å². The van der Waals surface area contributed by atoms with E-state index in [1.165, 1.54) is 16.7 Å². The Kier molecular flexibility index (Phi) is 6.29. The molecule has 3 aromatic carbocycles. The average Bonchev–Trinajstić information content (AvgIpc) is 3.19. The average molecular weight is 457 g/mol. The first kappa shape index (κ1) is 22.5. The monoisotopic (exact) mass is 456 g/mol. The number of benzene rings is 3. The molecule has 0 unspecified atom stereocenters. The van der Waals surface area contributed by atoms with Crippen LogP contribution in [0.25, 0.3) is 0 Å². The van der Waals surface area contributed by atoms with Crippen LogP contribution in [0, 0.1) is 6.92 Å². The second-order valence-electron chi connectivity index (χ2n) is 9.51. The lowest BCUT2D eigenvalue weighted by Crippen LogP contribution is -2.46. The number of hydrogen-bond donors (Lipinski definition) is 0. The number of para-hydroxylation sites is 1. The van der Waals surface area contributed by atoms with Gasteiger partial charge in [0.2, 0.25) is 0 Å². The molecular formula is C29H32N2O3. The minimum Gasteiger partial charge on any atom is -0.497 e. The Balaban J connectivity index is 1.32. The standard InChI is InChI=1S/C29H32N2O3/c1-22-8-10-23(11-9-22)19-30-16-14-29(15-17-30)21-31(27-13-12-25(33-2)18-26(27)29)28(32)20-34-24-6-4-3-5-7-24/h3-13,18H,14-17,19-21H2,1-2H3. The van der Waals surface area contributed by atoms with E-state index in [9.17, 15) is 4.79 Å². The molecule has 0 N–H and O–H groups in total. The first-order valence-corrected chi connectivity index (χ1v) is 12.0. The lowest BCUT2D eigenvalue weighted by Gasteiger charge is -2.40. The van der Waals surface area contributed by atoms with Gasteiger partial charge in [-0.05, 0) is 74.3 Å². The second kappa shape index (κ2) is 9.51. The summed E-state index contributed by atoms with van der Waals surface area (Å²) < 4.78 is 11.3. The molecule has 0 radical (unpaired) electrons. The molecule has 5 heteroatoms. The number of carbonyl (C=O) groups excluding carboxylic acids is 1. The van der Waals surface area contributed by atoms with Crippen molar-refractivity contribution in [2.24, 2.45) is 0 Å². The molecule has 0 saturated carbocycles. The molecule has 0 atom stereocenters. The molecule has 176 valence electrons. The maximum atomic E-state index is 13.3. The van der Waals surface area contributed by atoms with Crippen molar-refractivity contribution < 1.29 is 14.3 Å². The largest absolute Gasteiger partial charge is 0.497 e. The molecule has 1 amide bonds.